The molecule has 0 bridgehead atoms. The molecule has 0 saturated carbocycles. The van der Waals surface area contributed by atoms with E-state index in [4.69, 9.17) is 0 Å². The molecule has 18 heavy (non-hydrogen) atoms. The number of rotatable bonds is 4. The van der Waals surface area contributed by atoms with Crippen molar-refractivity contribution >= 4 is 18.2 Å². The highest BCUT2D eigenvalue weighted by Gasteiger charge is 2.25. The Morgan fingerprint density at radius 3 is 3.06 bits per heavy atom. The lowest BCUT2D eigenvalue weighted by atomic mass is 9.97. The molecular formula is C14H20N2OS. The third-order valence-corrected chi connectivity index (χ3v) is 4.22. The fourth-order valence-electron chi connectivity index (χ4n) is 2.39. The minimum atomic E-state index is 0.214. The first-order chi connectivity index (χ1) is 8.72. The van der Waals surface area contributed by atoms with Crippen LogP contribution < -0.4 is 0 Å². The van der Waals surface area contributed by atoms with E-state index in [2.05, 4.69) is 24.9 Å². The Morgan fingerprint density at radius 1 is 1.50 bits per heavy atom. The number of amides is 1. The predicted octanol–water partition coefficient (Wildman–Crippen LogP) is 3.27. The molecule has 0 aromatic carbocycles. The normalized spacial score (nSPS) is 20.2. The molecule has 1 amide bonds. The van der Waals surface area contributed by atoms with Gasteiger partial charge in [0.2, 0.25) is 6.41 Å². The zero-order chi connectivity index (χ0) is 13.0. The van der Waals surface area contributed by atoms with Crippen LogP contribution in [-0.4, -0.2) is 28.1 Å². The fraction of sp³-hybridized carbons (Fsp3) is 0.571. The van der Waals surface area contributed by atoms with Crippen molar-refractivity contribution in [2.24, 2.45) is 0 Å². The second-order valence-electron chi connectivity index (χ2n) is 4.92. The summed E-state index contributed by atoms with van der Waals surface area (Å²) in [6.07, 6.45) is 6.18. The third-order valence-electron chi connectivity index (χ3n) is 3.19. The minimum absolute atomic E-state index is 0.214. The summed E-state index contributed by atoms with van der Waals surface area (Å²) >= 11 is 1.78. The molecule has 0 spiro atoms. The summed E-state index contributed by atoms with van der Waals surface area (Å²) in [7, 11) is 0. The van der Waals surface area contributed by atoms with Crippen molar-refractivity contribution in [2.45, 2.75) is 49.4 Å². The average molecular weight is 264 g/mol. The predicted molar refractivity (Wildman–Crippen MR) is 74.6 cm³/mol. The molecule has 2 heterocycles. The van der Waals surface area contributed by atoms with Gasteiger partial charge in [-0.05, 0) is 25.3 Å². The maximum Gasteiger partial charge on any atom is 0.210 e. The van der Waals surface area contributed by atoms with Gasteiger partial charge < -0.3 is 4.90 Å². The van der Waals surface area contributed by atoms with E-state index in [-0.39, 0.29) is 6.04 Å². The maximum absolute atomic E-state index is 11.2. The van der Waals surface area contributed by atoms with Gasteiger partial charge in [-0.3, -0.25) is 4.79 Å². The van der Waals surface area contributed by atoms with Gasteiger partial charge in [0, 0.05) is 23.6 Å². The van der Waals surface area contributed by atoms with E-state index in [9.17, 15) is 4.79 Å². The highest BCUT2D eigenvalue weighted by Crippen LogP contribution is 2.35. The number of carbonyl (C=O) groups excluding carboxylic acids is 1. The van der Waals surface area contributed by atoms with E-state index >= 15 is 0 Å². The number of thioether (sulfide) groups is 1. The molecule has 1 fully saturated rings. The van der Waals surface area contributed by atoms with Crippen LogP contribution in [-0.2, 0) is 4.79 Å². The first kappa shape index (κ1) is 13.4. The SMILES string of the molecule is CC(C)Sc1ncccc1[C@@H]1CCCCN1C=O. The van der Waals surface area contributed by atoms with E-state index in [1.54, 1.807) is 11.8 Å². The maximum atomic E-state index is 11.2. The summed E-state index contributed by atoms with van der Waals surface area (Å²) < 4.78 is 0. The van der Waals surface area contributed by atoms with Crippen LogP contribution in [0, 0.1) is 0 Å². The molecule has 1 aliphatic rings. The summed E-state index contributed by atoms with van der Waals surface area (Å²) in [5.74, 6) is 0. The first-order valence-corrected chi connectivity index (χ1v) is 7.43. The zero-order valence-electron chi connectivity index (χ0n) is 11.0. The molecule has 0 aliphatic carbocycles. The Balaban J connectivity index is 2.27. The van der Waals surface area contributed by atoms with E-state index in [1.807, 2.05) is 17.2 Å². The van der Waals surface area contributed by atoms with Crippen molar-refractivity contribution < 1.29 is 4.79 Å². The number of nitrogens with zero attached hydrogens (tertiary/aromatic N) is 2. The Bertz CT molecular complexity index is 409. The van der Waals surface area contributed by atoms with E-state index in [0.29, 0.717) is 5.25 Å². The second kappa shape index (κ2) is 6.23. The Labute approximate surface area is 113 Å². The van der Waals surface area contributed by atoms with Crippen LogP contribution in [0.3, 0.4) is 0 Å². The summed E-state index contributed by atoms with van der Waals surface area (Å²) in [5, 5.41) is 1.58. The lowest BCUT2D eigenvalue weighted by Crippen LogP contribution is -2.32. The molecule has 3 nitrogen and oxygen atoms in total. The Hall–Kier alpha value is -1.03. The largest absolute Gasteiger partial charge is 0.338 e. The Morgan fingerprint density at radius 2 is 2.33 bits per heavy atom. The van der Waals surface area contributed by atoms with Crippen LogP contribution in [0.25, 0.3) is 0 Å². The van der Waals surface area contributed by atoms with E-state index in [1.165, 1.54) is 12.0 Å². The number of piperidine rings is 1. The molecule has 4 heteroatoms. The highest BCUT2D eigenvalue weighted by molar-refractivity contribution is 7.99. The van der Waals surface area contributed by atoms with Gasteiger partial charge in [0.05, 0.1) is 6.04 Å². The van der Waals surface area contributed by atoms with Gasteiger partial charge in [-0.2, -0.15) is 0 Å². The van der Waals surface area contributed by atoms with Gasteiger partial charge in [-0.1, -0.05) is 19.9 Å². The molecular weight excluding hydrogens is 244 g/mol. The van der Waals surface area contributed by atoms with E-state index < -0.39 is 0 Å². The van der Waals surface area contributed by atoms with Crippen molar-refractivity contribution in [1.82, 2.24) is 9.88 Å². The molecule has 1 aliphatic heterocycles. The topological polar surface area (TPSA) is 33.2 Å². The molecule has 0 unspecified atom stereocenters. The molecule has 1 atom stereocenters. The van der Waals surface area contributed by atoms with Gasteiger partial charge in [-0.25, -0.2) is 4.98 Å². The number of carbonyl (C=O) groups is 1. The monoisotopic (exact) mass is 264 g/mol. The minimum Gasteiger partial charge on any atom is -0.338 e. The number of pyridine rings is 1. The number of likely N-dealkylation sites (tertiary alicyclic amines) is 1. The summed E-state index contributed by atoms with van der Waals surface area (Å²) in [6.45, 7) is 5.21. The first-order valence-electron chi connectivity index (χ1n) is 6.55. The van der Waals surface area contributed by atoms with Crippen molar-refractivity contribution in [3.8, 4) is 0 Å². The van der Waals surface area contributed by atoms with E-state index in [0.717, 1.165) is 30.8 Å². The second-order valence-corrected chi connectivity index (χ2v) is 6.48. The van der Waals surface area contributed by atoms with Crippen molar-refractivity contribution in [2.75, 3.05) is 6.54 Å². The van der Waals surface area contributed by atoms with Crippen LogP contribution in [0.2, 0.25) is 0 Å². The van der Waals surface area contributed by atoms with Gasteiger partial charge >= 0.3 is 0 Å². The fourth-order valence-corrected chi connectivity index (χ4v) is 3.30. The summed E-state index contributed by atoms with van der Waals surface area (Å²) in [6, 6.07) is 4.30. The molecule has 0 N–H and O–H groups in total. The standard InChI is InChI=1S/C14H20N2OS/c1-11(2)18-14-12(6-5-8-15-14)13-7-3-4-9-16(13)10-17/h5-6,8,10-11,13H,3-4,7,9H2,1-2H3/t13-/m0/s1. The summed E-state index contributed by atoms with van der Waals surface area (Å²) in [5.41, 5.74) is 1.21. The van der Waals surface area contributed by atoms with Gasteiger partial charge in [0.15, 0.2) is 0 Å². The lowest BCUT2D eigenvalue weighted by molar-refractivity contribution is -0.121. The number of aromatic nitrogens is 1. The van der Waals surface area contributed by atoms with Gasteiger partial charge in [-0.15, -0.1) is 11.8 Å². The summed E-state index contributed by atoms with van der Waals surface area (Å²) in [4.78, 5) is 17.6. The number of hydrogen-bond acceptors (Lipinski definition) is 3. The third kappa shape index (κ3) is 3.05. The number of hydrogen-bond donors (Lipinski definition) is 0. The van der Waals surface area contributed by atoms with Crippen molar-refractivity contribution in [3.63, 3.8) is 0 Å². The van der Waals surface area contributed by atoms with Crippen LogP contribution in [0.1, 0.15) is 44.7 Å². The van der Waals surface area contributed by atoms with Crippen LogP contribution in [0.15, 0.2) is 23.4 Å². The molecule has 1 saturated heterocycles. The highest BCUT2D eigenvalue weighted by atomic mass is 32.2. The van der Waals surface area contributed by atoms with Gasteiger partial charge in [0.25, 0.3) is 0 Å². The smallest absolute Gasteiger partial charge is 0.210 e. The molecule has 0 radical (unpaired) electrons. The average Bonchev–Trinajstić information content (AvgIpc) is 2.39. The van der Waals surface area contributed by atoms with Crippen LogP contribution in [0.5, 0.6) is 0 Å². The molecule has 98 valence electrons. The quantitative estimate of drug-likeness (QED) is 0.618. The Kier molecular flexibility index (Phi) is 4.64. The zero-order valence-corrected chi connectivity index (χ0v) is 11.8. The van der Waals surface area contributed by atoms with Crippen LogP contribution in [0.4, 0.5) is 0 Å². The lowest BCUT2D eigenvalue weighted by Gasteiger charge is -2.33. The van der Waals surface area contributed by atoms with Crippen molar-refractivity contribution in [3.05, 3.63) is 23.9 Å². The van der Waals surface area contributed by atoms with Crippen LogP contribution >= 0.6 is 11.8 Å². The molecule has 1 aromatic rings. The van der Waals surface area contributed by atoms with Gasteiger partial charge in [0.1, 0.15) is 5.03 Å². The molecule has 2 rings (SSSR count). The van der Waals surface area contributed by atoms with Crippen molar-refractivity contribution in [1.29, 1.82) is 0 Å². The molecule has 1 aromatic heterocycles.